The maximum atomic E-state index is 14.3. The third-order valence-corrected chi connectivity index (χ3v) is 5.58. The molecular weight excluding hydrogens is 400 g/mol. The molecule has 0 N–H and O–H groups in total. The Kier molecular flexibility index (Phi) is 5.42. The molecule has 1 aliphatic heterocycles. The molecule has 0 aliphatic carbocycles. The molecule has 2 aromatic carbocycles. The fourth-order valence-corrected chi connectivity index (χ4v) is 3.99. The smallest absolute Gasteiger partial charge is 0.257 e. The van der Waals surface area contributed by atoms with Gasteiger partial charge in [0.15, 0.2) is 5.82 Å². The summed E-state index contributed by atoms with van der Waals surface area (Å²) in [6.07, 6.45) is 0. The first-order valence-electron chi connectivity index (χ1n) is 9.95. The van der Waals surface area contributed by atoms with Crippen LogP contribution in [0.5, 0.6) is 0 Å². The second kappa shape index (κ2) is 8.19. The van der Waals surface area contributed by atoms with E-state index in [2.05, 4.69) is 16.1 Å². The number of amides is 1. The topological polar surface area (TPSA) is 65.2 Å². The van der Waals surface area contributed by atoms with Crippen molar-refractivity contribution in [1.82, 2.24) is 14.7 Å². The first-order valence-corrected chi connectivity index (χ1v) is 9.95. The number of nitriles is 1. The van der Waals surface area contributed by atoms with Crippen molar-refractivity contribution < 1.29 is 13.6 Å². The van der Waals surface area contributed by atoms with E-state index >= 15 is 0 Å². The number of anilines is 1. The van der Waals surface area contributed by atoms with Gasteiger partial charge in [0.1, 0.15) is 17.6 Å². The average molecular weight is 421 g/mol. The number of hydrogen-bond donors (Lipinski definition) is 0. The molecule has 0 saturated carbocycles. The van der Waals surface area contributed by atoms with E-state index in [9.17, 15) is 18.8 Å². The summed E-state index contributed by atoms with van der Waals surface area (Å²) in [6, 6.07) is 12.9. The normalized spacial score (nSPS) is 13.9. The Bertz CT molecular complexity index is 1190. The van der Waals surface area contributed by atoms with Crippen LogP contribution in [0.25, 0.3) is 5.69 Å². The molecule has 1 amide bonds. The first-order chi connectivity index (χ1) is 14.9. The molecule has 1 aromatic heterocycles. The molecule has 0 spiro atoms. The molecule has 3 aromatic rings. The standard InChI is InChI=1S/C23H21F2N5O/c1-15-22(16(2)30(27-15)21-8-7-18(24)13-19(21)25)23(31)29-11-9-28(10-12-29)20-6-4-3-5-17(20)14-26/h3-8,13H,9-12H2,1-2H3. The SMILES string of the molecule is Cc1nn(-c2ccc(F)cc2F)c(C)c1C(=O)N1CCN(c2ccccc2C#N)CC1. The lowest BCUT2D eigenvalue weighted by Crippen LogP contribution is -2.49. The summed E-state index contributed by atoms with van der Waals surface area (Å²) in [5, 5.41) is 13.7. The number of benzene rings is 2. The molecule has 0 radical (unpaired) electrons. The molecule has 8 heteroatoms. The number of para-hydroxylation sites is 1. The first kappa shape index (κ1) is 20.5. The Morgan fingerprint density at radius 2 is 1.74 bits per heavy atom. The molecule has 0 bridgehead atoms. The Hall–Kier alpha value is -3.73. The zero-order valence-electron chi connectivity index (χ0n) is 17.3. The lowest BCUT2D eigenvalue weighted by molar-refractivity contribution is 0.0745. The fraction of sp³-hybridized carbons (Fsp3) is 0.261. The van der Waals surface area contributed by atoms with Crippen molar-refractivity contribution >= 4 is 11.6 Å². The van der Waals surface area contributed by atoms with Crippen LogP contribution in [0, 0.1) is 36.8 Å². The van der Waals surface area contributed by atoms with Gasteiger partial charge in [-0.3, -0.25) is 4.79 Å². The van der Waals surface area contributed by atoms with Crippen molar-refractivity contribution in [1.29, 1.82) is 5.26 Å². The molecule has 158 valence electrons. The number of aryl methyl sites for hydroxylation is 1. The van der Waals surface area contributed by atoms with Crippen LogP contribution < -0.4 is 4.90 Å². The molecular formula is C23H21F2N5O. The summed E-state index contributed by atoms with van der Waals surface area (Å²) < 4.78 is 28.9. The predicted octanol–water partition coefficient (Wildman–Crippen LogP) is 3.60. The summed E-state index contributed by atoms with van der Waals surface area (Å²) >= 11 is 0. The quantitative estimate of drug-likeness (QED) is 0.648. The summed E-state index contributed by atoms with van der Waals surface area (Å²) in [5.41, 5.74) is 2.99. The Balaban J connectivity index is 1.55. The molecule has 6 nitrogen and oxygen atoms in total. The van der Waals surface area contributed by atoms with Gasteiger partial charge >= 0.3 is 0 Å². The maximum Gasteiger partial charge on any atom is 0.257 e. The minimum Gasteiger partial charge on any atom is -0.367 e. The zero-order valence-corrected chi connectivity index (χ0v) is 17.3. The second-order valence-corrected chi connectivity index (χ2v) is 7.46. The molecule has 1 fully saturated rings. The largest absolute Gasteiger partial charge is 0.367 e. The second-order valence-electron chi connectivity index (χ2n) is 7.46. The van der Waals surface area contributed by atoms with Crippen LogP contribution in [0.3, 0.4) is 0 Å². The van der Waals surface area contributed by atoms with E-state index in [1.165, 1.54) is 10.7 Å². The van der Waals surface area contributed by atoms with Gasteiger partial charge in [-0.15, -0.1) is 0 Å². The van der Waals surface area contributed by atoms with Crippen LogP contribution in [0.2, 0.25) is 0 Å². The highest BCUT2D eigenvalue weighted by Gasteiger charge is 2.28. The van der Waals surface area contributed by atoms with Crippen molar-refractivity contribution in [3.05, 3.63) is 76.6 Å². The third-order valence-electron chi connectivity index (χ3n) is 5.58. The van der Waals surface area contributed by atoms with Crippen LogP contribution in [0.1, 0.15) is 27.3 Å². The van der Waals surface area contributed by atoms with Crippen molar-refractivity contribution in [2.24, 2.45) is 0 Å². The number of rotatable bonds is 3. The van der Waals surface area contributed by atoms with E-state index in [-0.39, 0.29) is 11.6 Å². The van der Waals surface area contributed by atoms with Gasteiger partial charge in [-0.25, -0.2) is 13.5 Å². The molecule has 2 heterocycles. The number of aromatic nitrogens is 2. The van der Waals surface area contributed by atoms with Crippen molar-refractivity contribution in [3.63, 3.8) is 0 Å². The molecule has 1 saturated heterocycles. The number of piperazine rings is 1. The van der Waals surface area contributed by atoms with E-state index in [1.54, 1.807) is 24.8 Å². The van der Waals surface area contributed by atoms with Gasteiger partial charge in [-0.2, -0.15) is 10.4 Å². The Morgan fingerprint density at radius 3 is 2.42 bits per heavy atom. The van der Waals surface area contributed by atoms with Crippen LogP contribution in [-0.2, 0) is 0 Å². The molecule has 4 rings (SSSR count). The van der Waals surface area contributed by atoms with Crippen LogP contribution in [0.15, 0.2) is 42.5 Å². The summed E-state index contributed by atoms with van der Waals surface area (Å²) in [4.78, 5) is 17.1. The summed E-state index contributed by atoms with van der Waals surface area (Å²) in [7, 11) is 0. The minimum atomic E-state index is -0.741. The molecule has 0 atom stereocenters. The number of carbonyl (C=O) groups is 1. The maximum absolute atomic E-state index is 14.3. The van der Waals surface area contributed by atoms with Gasteiger partial charge in [0.05, 0.1) is 28.2 Å². The number of carbonyl (C=O) groups excluding carboxylic acids is 1. The van der Waals surface area contributed by atoms with E-state index in [0.29, 0.717) is 48.7 Å². The van der Waals surface area contributed by atoms with Crippen molar-refractivity contribution in [3.8, 4) is 11.8 Å². The van der Waals surface area contributed by atoms with Crippen LogP contribution in [-0.4, -0.2) is 46.8 Å². The van der Waals surface area contributed by atoms with E-state index in [1.807, 2.05) is 18.2 Å². The van der Waals surface area contributed by atoms with Gasteiger partial charge in [0.25, 0.3) is 5.91 Å². The van der Waals surface area contributed by atoms with E-state index in [0.717, 1.165) is 17.8 Å². The third kappa shape index (κ3) is 3.75. The van der Waals surface area contributed by atoms with Gasteiger partial charge in [0, 0.05) is 32.2 Å². The minimum absolute atomic E-state index is 0.0963. The molecule has 31 heavy (non-hydrogen) atoms. The monoisotopic (exact) mass is 421 g/mol. The van der Waals surface area contributed by atoms with E-state index in [4.69, 9.17) is 0 Å². The van der Waals surface area contributed by atoms with E-state index < -0.39 is 11.6 Å². The van der Waals surface area contributed by atoms with Gasteiger partial charge in [-0.05, 0) is 38.1 Å². The van der Waals surface area contributed by atoms with Crippen molar-refractivity contribution in [2.45, 2.75) is 13.8 Å². The highest BCUT2D eigenvalue weighted by molar-refractivity contribution is 5.96. The van der Waals surface area contributed by atoms with Crippen LogP contribution in [0.4, 0.5) is 14.5 Å². The Labute approximate surface area is 178 Å². The lowest BCUT2D eigenvalue weighted by Gasteiger charge is -2.36. The highest BCUT2D eigenvalue weighted by atomic mass is 19.1. The summed E-state index contributed by atoms with van der Waals surface area (Å²) in [6.45, 7) is 5.60. The van der Waals surface area contributed by atoms with Gasteiger partial charge < -0.3 is 9.80 Å². The van der Waals surface area contributed by atoms with Crippen LogP contribution >= 0.6 is 0 Å². The highest BCUT2D eigenvalue weighted by Crippen LogP contribution is 2.24. The lowest BCUT2D eigenvalue weighted by atomic mass is 10.1. The fourth-order valence-electron chi connectivity index (χ4n) is 3.99. The number of halogens is 2. The number of hydrogen-bond acceptors (Lipinski definition) is 4. The van der Waals surface area contributed by atoms with Gasteiger partial charge in [-0.1, -0.05) is 12.1 Å². The summed E-state index contributed by atoms with van der Waals surface area (Å²) in [5.74, 6) is -1.58. The zero-order chi connectivity index (χ0) is 22.1. The predicted molar refractivity (Wildman–Crippen MR) is 112 cm³/mol. The van der Waals surface area contributed by atoms with Gasteiger partial charge in [0.2, 0.25) is 0 Å². The van der Waals surface area contributed by atoms with Crippen molar-refractivity contribution in [2.75, 3.05) is 31.1 Å². The molecule has 0 unspecified atom stereocenters. The Morgan fingerprint density at radius 1 is 1.03 bits per heavy atom. The average Bonchev–Trinajstić information content (AvgIpc) is 3.07. The molecule has 1 aliphatic rings. The number of nitrogens with zero attached hydrogens (tertiary/aromatic N) is 5.